The van der Waals surface area contributed by atoms with Gasteiger partial charge < -0.3 is 10.4 Å². The molecule has 5 nitrogen and oxygen atoms in total. The van der Waals surface area contributed by atoms with Crippen molar-refractivity contribution in [1.29, 1.82) is 0 Å². The monoisotopic (exact) mass is 291 g/mol. The molecule has 0 aliphatic heterocycles. The number of carbonyl (C=O) groups excluding carboxylic acids is 1. The molecule has 106 valence electrons. The largest absolute Gasteiger partial charge is 0.394 e. The minimum absolute atomic E-state index is 0.0724. The second kappa shape index (κ2) is 7.02. The fourth-order valence-electron chi connectivity index (χ4n) is 1.67. The van der Waals surface area contributed by atoms with Crippen LogP contribution in [0, 0.1) is 0 Å². The summed E-state index contributed by atoms with van der Waals surface area (Å²) in [6.07, 6.45) is 0.678. The molecule has 1 atom stereocenters. The van der Waals surface area contributed by atoms with Gasteiger partial charge in [-0.2, -0.15) is 0 Å². The predicted molar refractivity (Wildman–Crippen MR) is 80.9 cm³/mol. The van der Waals surface area contributed by atoms with Gasteiger partial charge in [-0.05, 0) is 6.42 Å². The molecule has 3 N–H and O–H groups in total. The Kier molecular flexibility index (Phi) is 5.09. The Morgan fingerprint density at radius 3 is 2.80 bits per heavy atom. The molecule has 1 aromatic carbocycles. The topological polar surface area (TPSA) is 74.2 Å². The zero-order valence-electron chi connectivity index (χ0n) is 11.2. The summed E-state index contributed by atoms with van der Waals surface area (Å²) in [6, 6.07) is 9.20. The number of benzene rings is 1. The standard InChI is InChI=1S/C14H17N3O2S/c1-2-11(8-18)15-13(19)17-14-16-12(9-20-14)10-6-4-3-5-7-10/h3-7,9,11,18H,2,8H2,1H3,(H2,15,16,17,19). The fourth-order valence-corrected chi connectivity index (χ4v) is 2.38. The van der Waals surface area contributed by atoms with Crippen LogP contribution in [0.5, 0.6) is 0 Å². The van der Waals surface area contributed by atoms with Crippen LogP contribution in [-0.4, -0.2) is 28.8 Å². The number of aliphatic hydroxyl groups excluding tert-OH is 1. The second-order valence-electron chi connectivity index (χ2n) is 4.29. The van der Waals surface area contributed by atoms with Crippen LogP contribution in [0.2, 0.25) is 0 Å². The SMILES string of the molecule is CCC(CO)NC(=O)Nc1nc(-c2ccccc2)cs1. The number of anilines is 1. The smallest absolute Gasteiger partial charge is 0.321 e. The molecule has 1 unspecified atom stereocenters. The van der Waals surface area contributed by atoms with Gasteiger partial charge in [0.15, 0.2) is 5.13 Å². The Hall–Kier alpha value is -1.92. The van der Waals surface area contributed by atoms with Crippen LogP contribution in [0.1, 0.15) is 13.3 Å². The molecule has 2 rings (SSSR count). The molecule has 2 amide bonds. The fraction of sp³-hybridized carbons (Fsp3) is 0.286. The third-order valence-corrected chi connectivity index (χ3v) is 3.60. The summed E-state index contributed by atoms with van der Waals surface area (Å²) < 4.78 is 0. The van der Waals surface area contributed by atoms with Gasteiger partial charge in [-0.3, -0.25) is 5.32 Å². The van der Waals surface area contributed by atoms with Gasteiger partial charge in [-0.1, -0.05) is 37.3 Å². The van der Waals surface area contributed by atoms with Crippen molar-refractivity contribution in [2.75, 3.05) is 11.9 Å². The maximum Gasteiger partial charge on any atom is 0.321 e. The molecule has 0 aliphatic carbocycles. The van der Waals surface area contributed by atoms with Gasteiger partial charge in [-0.25, -0.2) is 9.78 Å². The highest BCUT2D eigenvalue weighted by molar-refractivity contribution is 7.14. The van der Waals surface area contributed by atoms with Crippen LogP contribution in [0.3, 0.4) is 0 Å². The van der Waals surface area contributed by atoms with Crippen LogP contribution < -0.4 is 10.6 Å². The molecule has 0 spiro atoms. The van der Waals surface area contributed by atoms with Crippen molar-refractivity contribution in [2.24, 2.45) is 0 Å². The van der Waals surface area contributed by atoms with E-state index in [4.69, 9.17) is 5.11 Å². The Bertz CT molecular complexity index is 553. The highest BCUT2D eigenvalue weighted by Gasteiger charge is 2.11. The zero-order valence-corrected chi connectivity index (χ0v) is 12.0. The van der Waals surface area contributed by atoms with Crippen LogP contribution in [0.25, 0.3) is 11.3 Å². The number of nitrogens with one attached hydrogen (secondary N) is 2. The Labute approximate surface area is 121 Å². The molecule has 20 heavy (non-hydrogen) atoms. The number of nitrogens with zero attached hydrogens (tertiary/aromatic N) is 1. The number of amides is 2. The van der Waals surface area contributed by atoms with Crippen molar-refractivity contribution >= 4 is 22.5 Å². The summed E-state index contributed by atoms with van der Waals surface area (Å²) in [5.74, 6) is 0. The van der Waals surface area contributed by atoms with E-state index in [1.54, 1.807) is 0 Å². The Balaban J connectivity index is 1.98. The number of hydrogen-bond donors (Lipinski definition) is 3. The molecule has 1 heterocycles. The van der Waals surface area contributed by atoms with Crippen LogP contribution in [0.4, 0.5) is 9.93 Å². The van der Waals surface area contributed by atoms with Gasteiger partial charge in [0.2, 0.25) is 0 Å². The van der Waals surface area contributed by atoms with E-state index < -0.39 is 0 Å². The lowest BCUT2D eigenvalue weighted by atomic mass is 10.2. The normalized spacial score (nSPS) is 11.9. The van der Waals surface area contributed by atoms with E-state index >= 15 is 0 Å². The highest BCUT2D eigenvalue weighted by Crippen LogP contribution is 2.24. The number of urea groups is 1. The Morgan fingerprint density at radius 2 is 2.15 bits per heavy atom. The molecule has 0 aliphatic rings. The van der Waals surface area contributed by atoms with E-state index in [9.17, 15) is 4.79 Å². The van der Waals surface area contributed by atoms with Crippen molar-refractivity contribution in [3.63, 3.8) is 0 Å². The van der Waals surface area contributed by atoms with E-state index in [-0.39, 0.29) is 18.7 Å². The summed E-state index contributed by atoms with van der Waals surface area (Å²) in [5, 5.41) is 16.8. The molecule has 0 radical (unpaired) electrons. The van der Waals surface area contributed by atoms with Crippen molar-refractivity contribution in [3.8, 4) is 11.3 Å². The van der Waals surface area contributed by atoms with E-state index in [1.165, 1.54) is 11.3 Å². The van der Waals surface area contributed by atoms with Gasteiger partial charge in [0.1, 0.15) is 0 Å². The number of aliphatic hydroxyl groups is 1. The quantitative estimate of drug-likeness (QED) is 0.793. The summed E-state index contributed by atoms with van der Waals surface area (Å²) in [7, 11) is 0. The van der Waals surface area contributed by atoms with Crippen LogP contribution in [0.15, 0.2) is 35.7 Å². The average molecular weight is 291 g/mol. The summed E-state index contributed by atoms with van der Waals surface area (Å²) in [4.78, 5) is 16.1. The van der Waals surface area contributed by atoms with Crippen molar-refractivity contribution in [3.05, 3.63) is 35.7 Å². The lowest BCUT2D eigenvalue weighted by Gasteiger charge is -2.13. The maximum atomic E-state index is 11.7. The summed E-state index contributed by atoms with van der Waals surface area (Å²) in [5.41, 5.74) is 1.85. The number of thiazole rings is 1. The summed E-state index contributed by atoms with van der Waals surface area (Å²) >= 11 is 1.37. The van der Waals surface area contributed by atoms with Crippen molar-refractivity contribution < 1.29 is 9.90 Å². The maximum absolute atomic E-state index is 11.7. The number of aromatic nitrogens is 1. The van der Waals surface area contributed by atoms with Gasteiger partial charge in [-0.15, -0.1) is 11.3 Å². The molecule has 0 saturated heterocycles. The molecule has 0 bridgehead atoms. The first-order valence-electron chi connectivity index (χ1n) is 6.42. The molecule has 6 heteroatoms. The third kappa shape index (κ3) is 3.79. The minimum Gasteiger partial charge on any atom is -0.394 e. The van der Waals surface area contributed by atoms with E-state index in [0.29, 0.717) is 11.6 Å². The molecular weight excluding hydrogens is 274 g/mol. The first kappa shape index (κ1) is 14.5. The van der Waals surface area contributed by atoms with E-state index in [0.717, 1.165) is 11.3 Å². The average Bonchev–Trinajstić information content (AvgIpc) is 2.94. The number of rotatable bonds is 5. The van der Waals surface area contributed by atoms with Crippen molar-refractivity contribution in [2.45, 2.75) is 19.4 Å². The number of carbonyl (C=O) groups is 1. The lowest BCUT2D eigenvalue weighted by molar-refractivity contribution is 0.222. The molecule has 2 aromatic rings. The van der Waals surface area contributed by atoms with Gasteiger partial charge >= 0.3 is 6.03 Å². The molecule has 1 aromatic heterocycles. The Morgan fingerprint density at radius 1 is 1.40 bits per heavy atom. The zero-order chi connectivity index (χ0) is 14.4. The van der Waals surface area contributed by atoms with Gasteiger partial charge in [0.05, 0.1) is 18.3 Å². The number of hydrogen-bond acceptors (Lipinski definition) is 4. The minimum atomic E-state index is -0.347. The third-order valence-electron chi connectivity index (χ3n) is 2.84. The lowest BCUT2D eigenvalue weighted by Crippen LogP contribution is -2.39. The summed E-state index contributed by atoms with van der Waals surface area (Å²) in [6.45, 7) is 1.83. The van der Waals surface area contributed by atoms with Crippen molar-refractivity contribution in [1.82, 2.24) is 10.3 Å². The molecule has 0 fully saturated rings. The predicted octanol–water partition coefficient (Wildman–Crippen LogP) is 2.70. The van der Waals surface area contributed by atoms with Gasteiger partial charge in [0.25, 0.3) is 0 Å². The van der Waals surface area contributed by atoms with Crippen LogP contribution in [-0.2, 0) is 0 Å². The van der Waals surface area contributed by atoms with E-state index in [2.05, 4.69) is 15.6 Å². The molecule has 0 saturated carbocycles. The second-order valence-corrected chi connectivity index (χ2v) is 5.15. The highest BCUT2D eigenvalue weighted by atomic mass is 32.1. The van der Waals surface area contributed by atoms with Crippen LogP contribution >= 0.6 is 11.3 Å². The van der Waals surface area contributed by atoms with Gasteiger partial charge in [0, 0.05) is 10.9 Å². The first-order chi connectivity index (χ1) is 9.72. The first-order valence-corrected chi connectivity index (χ1v) is 7.30. The van der Waals surface area contributed by atoms with E-state index in [1.807, 2.05) is 42.6 Å². The molecular formula is C14H17N3O2S.